The average molecular weight is 433 g/mol. The largest absolute Gasteiger partial charge is 0.508 e. The molecule has 0 aliphatic carbocycles. The second-order valence-electron chi connectivity index (χ2n) is 5.53. The second kappa shape index (κ2) is 7.12. The molecule has 1 aliphatic heterocycles. The number of methoxy groups -OCH3 is 1. The number of nitrogens with zero attached hydrogens (tertiary/aromatic N) is 1. The number of barbiturate groups is 1. The predicted molar refractivity (Wildman–Crippen MR) is 99.5 cm³/mol. The topological polar surface area (TPSA) is 116 Å². The summed E-state index contributed by atoms with van der Waals surface area (Å²) in [6.45, 7) is 0. The van der Waals surface area contributed by atoms with E-state index in [0.29, 0.717) is 10.0 Å². The van der Waals surface area contributed by atoms with Gasteiger partial charge in [-0.3, -0.25) is 14.9 Å². The van der Waals surface area contributed by atoms with Crippen LogP contribution in [0.25, 0.3) is 6.08 Å². The Morgan fingerprint density at radius 3 is 2.41 bits per heavy atom. The van der Waals surface area contributed by atoms with Gasteiger partial charge in [0.2, 0.25) is 0 Å². The van der Waals surface area contributed by atoms with Crippen molar-refractivity contribution in [3.8, 4) is 17.2 Å². The van der Waals surface area contributed by atoms with Gasteiger partial charge in [0, 0.05) is 0 Å². The van der Waals surface area contributed by atoms with Crippen molar-refractivity contribution in [3.63, 3.8) is 0 Å². The Hall–Kier alpha value is -3.33. The highest BCUT2D eigenvalue weighted by molar-refractivity contribution is 9.10. The number of anilines is 1. The molecule has 0 saturated carbocycles. The van der Waals surface area contributed by atoms with Crippen LogP contribution in [0.4, 0.5) is 10.5 Å². The van der Waals surface area contributed by atoms with Gasteiger partial charge in [0.15, 0.2) is 11.5 Å². The van der Waals surface area contributed by atoms with Gasteiger partial charge < -0.3 is 14.9 Å². The fourth-order valence-corrected chi connectivity index (χ4v) is 2.95. The van der Waals surface area contributed by atoms with Crippen LogP contribution in [0.2, 0.25) is 0 Å². The van der Waals surface area contributed by atoms with E-state index < -0.39 is 17.8 Å². The summed E-state index contributed by atoms with van der Waals surface area (Å²) >= 11 is 3.16. The highest BCUT2D eigenvalue weighted by Crippen LogP contribution is 2.36. The summed E-state index contributed by atoms with van der Waals surface area (Å²) in [5.41, 5.74) is 0.315. The Bertz CT molecular complexity index is 984. The number of nitrogens with one attached hydrogen (secondary N) is 1. The van der Waals surface area contributed by atoms with E-state index in [4.69, 9.17) is 4.74 Å². The third-order valence-electron chi connectivity index (χ3n) is 3.79. The molecule has 0 spiro atoms. The van der Waals surface area contributed by atoms with Gasteiger partial charge in [-0.05, 0) is 64.0 Å². The maximum Gasteiger partial charge on any atom is 0.335 e. The van der Waals surface area contributed by atoms with Crippen molar-refractivity contribution in [2.75, 3.05) is 12.0 Å². The molecule has 9 heteroatoms. The molecule has 2 aromatic rings. The first-order chi connectivity index (χ1) is 12.8. The molecule has 1 heterocycles. The van der Waals surface area contributed by atoms with Crippen molar-refractivity contribution in [1.29, 1.82) is 0 Å². The second-order valence-corrected chi connectivity index (χ2v) is 6.38. The molecule has 0 bridgehead atoms. The molecule has 0 unspecified atom stereocenters. The fourth-order valence-electron chi connectivity index (χ4n) is 2.49. The quantitative estimate of drug-likeness (QED) is 0.506. The first kappa shape index (κ1) is 18.5. The zero-order valence-corrected chi connectivity index (χ0v) is 15.5. The predicted octanol–water partition coefficient (Wildman–Crippen LogP) is 2.54. The molecular formula is C18H13BrN2O6. The smallest absolute Gasteiger partial charge is 0.335 e. The van der Waals surface area contributed by atoms with Crippen molar-refractivity contribution >= 4 is 45.5 Å². The third kappa shape index (κ3) is 3.49. The van der Waals surface area contributed by atoms with Gasteiger partial charge in [0.1, 0.15) is 11.3 Å². The lowest BCUT2D eigenvalue weighted by Crippen LogP contribution is -2.54. The number of halogens is 1. The SMILES string of the molecule is COc1cc(C=C2C(=O)NC(=O)N(c3ccc(O)cc3)C2=O)cc(Br)c1O. The monoisotopic (exact) mass is 432 g/mol. The van der Waals surface area contributed by atoms with Crippen LogP contribution in [0, 0.1) is 0 Å². The molecule has 2 aromatic carbocycles. The number of imide groups is 2. The maximum atomic E-state index is 12.8. The number of carbonyl (C=O) groups is 3. The lowest BCUT2D eigenvalue weighted by molar-refractivity contribution is -0.122. The number of amides is 4. The Labute approximate surface area is 161 Å². The van der Waals surface area contributed by atoms with E-state index >= 15 is 0 Å². The molecular weight excluding hydrogens is 420 g/mol. The average Bonchev–Trinajstić information content (AvgIpc) is 2.62. The van der Waals surface area contributed by atoms with Crippen LogP contribution >= 0.6 is 15.9 Å². The normalized spacial score (nSPS) is 15.9. The van der Waals surface area contributed by atoms with Crippen LogP contribution in [-0.4, -0.2) is 35.2 Å². The van der Waals surface area contributed by atoms with Crippen molar-refractivity contribution in [1.82, 2.24) is 5.32 Å². The maximum absolute atomic E-state index is 12.8. The number of aromatic hydroxyl groups is 2. The Morgan fingerprint density at radius 2 is 1.78 bits per heavy atom. The molecule has 1 fully saturated rings. The minimum Gasteiger partial charge on any atom is -0.508 e. The lowest BCUT2D eigenvalue weighted by Gasteiger charge is -2.26. The molecule has 0 radical (unpaired) electrons. The molecule has 4 amide bonds. The summed E-state index contributed by atoms with van der Waals surface area (Å²) in [6.07, 6.45) is 1.28. The van der Waals surface area contributed by atoms with Gasteiger partial charge in [-0.2, -0.15) is 0 Å². The van der Waals surface area contributed by atoms with Crippen molar-refractivity contribution in [3.05, 3.63) is 52.0 Å². The van der Waals surface area contributed by atoms with E-state index in [1.807, 2.05) is 0 Å². The molecule has 1 saturated heterocycles. The minimum absolute atomic E-state index is 0.0310. The fraction of sp³-hybridized carbons (Fsp3) is 0.0556. The molecule has 3 N–H and O–H groups in total. The first-order valence-corrected chi connectivity index (χ1v) is 8.38. The summed E-state index contributed by atoms with van der Waals surface area (Å²) < 4.78 is 5.35. The van der Waals surface area contributed by atoms with E-state index in [1.165, 1.54) is 49.6 Å². The summed E-state index contributed by atoms with van der Waals surface area (Å²) in [4.78, 5) is 37.9. The number of ether oxygens (including phenoxy) is 1. The number of benzene rings is 2. The zero-order valence-electron chi connectivity index (χ0n) is 13.9. The molecule has 8 nitrogen and oxygen atoms in total. The van der Waals surface area contributed by atoms with Gasteiger partial charge in [-0.1, -0.05) is 0 Å². The van der Waals surface area contributed by atoms with E-state index in [1.54, 1.807) is 0 Å². The summed E-state index contributed by atoms with van der Waals surface area (Å²) in [7, 11) is 1.36. The molecule has 0 aromatic heterocycles. The van der Waals surface area contributed by atoms with Crippen molar-refractivity contribution < 1.29 is 29.3 Å². The number of urea groups is 1. The lowest BCUT2D eigenvalue weighted by atomic mass is 10.1. The van der Waals surface area contributed by atoms with Gasteiger partial charge in [-0.15, -0.1) is 0 Å². The number of hydrogen-bond acceptors (Lipinski definition) is 6. The molecule has 1 aliphatic rings. The standard InChI is InChI=1S/C18H13BrN2O6/c1-27-14-8-9(7-13(19)15(14)23)6-12-16(24)20-18(26)21(17(12)25)10-2-4-11(22)5-3-10/h2-8,22-23H,1H3,(H,20,24,26). The summed E-state index contributed by atoms with van der Waals surface area (Å²) in [6, 6.07) is 7.43. The van der Waals surface area contributed by atoms with Crippen LogP contribution in [0.15, 0.2) is 46.4 Å². The van der Waals surface area contributed by atoms with E-state index in [9.17, 15) is 24.6 Å². The van der Waals surface area contributed by atoms with Crippen LogP contribution in [0.1, 0.15) is 5.56 Å². The number of carbonyl (C=O) groups excluding carboxylic acids is 3. The number of hydrogen-bond donors (Lipinski definition) is 3. The minimum atomic E-state index is -0.891. The first-order valence-electron chi connectivity index (χ1n) is 7.59. The summed E-state index contributed by atoms with van der Waals surface area (Å²) in [5.74, 6) is -1.68. The Kier molecular flexibility index (Phi) is 4.87. The molecule has 138 valence electrons. The third-order valence-corrected chi connectivity index (χ3v) is 4.40. The molecule has 3 rings (SSSR count). The van der Waals surface area contributed by atoms with Crippen LogP contribution < -0.4 is 15.0 Å². The zero-order chi connectivity index (χ0) is 19.7. The van der Waals surface area contributed by atoms with Crippen molar-refractivity contribution in [2.24, 2.45) is 0 Å². The highest BCUT2D eigenvalue weighted by atomic mass is 79.9. The van der Waals surface area contributed by atoms with E-state index in [-0.39, 0.29) is 28.5 Å². The number of phenols is 2. The summed E-state index contributed by atoms with van der Waals surface area (Å²) in [5, 5.41) is 21.3. The number of rotatable bonds is 3. The van der Waals surface area contributed by atoms with E-state index in [0.717, 1.165) is 4.90 Å². The molecule has 27 heavy (non-hydrogen) atoms. The Morgan fingerprint density at radius 1 is 1.11 bits per heavy atom. The van der Waals surface area contributed by atoms with Crippen LogP contribution in [0.5, 0.6) is 17.2 Å². The Balaban J connectivity index is 2.04. The molecule has 0 atom stereocenters. The van der Waals surface area contributed by atoms with E-state index in [2.05, 4.69) is 21.2 Å². The number of phenolic OH excluding ortho intramolecular Hbond substituents is 2. The van der Waals surface area contributed by atoms with Gasteiger partial charge >= 0.3 is 6.03 Å². The van der Waals surface area contributed by atoms with Gasteiger partial charge in [0.05, 0.1) is 17.3 Å². The highest BCUT2D eigenvalue weighted by Gasteiger charge is 2.36. The van der Waals surface area contributed by atoms with Crippen molar-refractivity contribution in [2.45, 2.75) is 0 Å². The van der Waals surface area contributed by atoms with Gasteiger partial charge in [-0.25, -0.2) is 9.69 Å². The van der Waals surface area contributed by atoms with Gasteiger partial charge in [0.25, 0.3) is 11.8 Å². The van der Waals surface area contributed by atoms with Crippen LogP contribution in [0.3, 0.4) is 0 Å². The van der Waals surface area contributed by atoms with Crippen LogP contribution in [-0.2, 0) is 9.59 Å².